The monoisotopic (exact) mass is 508 g/mol. The number of pyridine rings is 1. The number of halogens is 6. The Morgan fingerprint density at radius 1 is 1.40 bits per heavy atom. The Kier molecular flexibility index (Phi) is 5.96. The highest BCUT2D eigenvalue weighted by atomic mass is 79.9. The number of alkyl halides is 3. The molecule has 1 aliphatic rings. The van der Waals surface area contributed by atoms with Crippen molar-refractivity contribution in [2.75, 3.05) is 5.32 Å². The van der Waals surface area contributed by atoms with Gasteiger partial charge in [-0.25, -0.2) is 14.4 Å². The lowest BCUT2D eigenvalue weighted by molar-refractivity contribution is -0.208. The first-order valence-corrected chi connectivity index (χ1v) is 9.57. The van der Waals surface area contributed by atoms with Crippen LogP contribution in [0.3, 0.4) is 0 Å². The summed E-state index contributed by atoms with van der Waals surface area (Å²) in [4.78, 5) is 20.2. The number of nitrogens with zero attached hydrogens (tertiary/aromatic N) is 2. The Bertz CT molecular complexity index is 1020. The zero-order valence-electron chi connectivity index (χ0n) is 15.2. The van der Waals surface area contributed by atoms with Gasteiger partial charge in [0.15, 0.2) is 6.10 Å². The summed E-state index contributed by atoms with van der Waals surface area (Å²) in [6, 6.07) is 4.62. The molecule has 1 aromatic heterocycles. The summed E-state index contributed by atoms with van der Waals surface area (Å²) in [6.07, 6.45) is -6.32. The Morgan fingerprint density at radius 2 is 2.10 bits per heavy atom. The molecule has 3 N–H and O–H groups in total. The van der Waals surface area contributed by atoms with Crippen molar-refractivity contribution in [1.29, 1.82) is 0 Å². The van der Waals surface area contributed by atoms with Gasteiger partial charge in [-0.3, -0.25) is 4.79 Å². The largest absolute Gasteiger partial charge is 0.452 e. The van der Waals surface area contributed by atoms with Crippen LogP contribution in [0, 0.1) is 5.82 Å². The van der Waals surface area contributed by atoms with E-state index in [1.165, 1.54) is 19.2 Å². The SMILES string of the molecule is C[C@]1(c2cc(NC(=O)c3ccc(Br)cn3)cc(Cl)c2F)C[C@@H](C(F)(F)F)OC(N)=N1. The molecule has 3 rings (SSSR count). The normalized spacial score (nSPS) is 21.6. The van der Waals surface area contributed by atoms with Crippen molar-refractivity contribution in [2.45, 2.75) is 31.2 Å². The average molecular weight is 510 g/mol. The molecule has 0 unspecified atom stereocenters. The number of aromatic nitrogens is 1. The molecule has 0 radical (unpaired) electrons. The third-order valence-electron chi connectivity index (χ3n) is 4.39. The van der Waals surface area contributed by atoms with Gasteiger partial charge in [0.2, 0.25) is 0 Å². The van der Waals surface area contributed by atoms with Crippen LogP contribution in [-0.4, -0.2) is 29.2 Å². The van der Waals surface area contributed by atoms with Gasteiger partial charge in [0.05, 0.1) is 10.6 Å². The van der Waals surface area contributed by atoms with Gasteiger partial charge in [-0.05, 0) is 47.1 Å². The number of ether oxygens (including phenoxy) is 1. The zero-order valence-corrected chi connectivity index (χ0v) is 17.6. The van der Waals surface area contributed by atoms with E-state index in [0.29, 0.717) is 4.47 Å². The van der Waals surface area contributed by atoms with Gasteiger partial charge in [-0.15, -0.1) is 0 Å². The van der Waals surface area contributed by atoms with Gasteiger partial charge in [-0.1, -0.05) is 11.6 Å². The lowest BCUT2D eigenvalue weighted by atomic mass is 9.85. The van der Waals surface area contributed by atoms with Crippen LogP contribution in [0.5, 0.6) is 0 Å². The van der Waals surface area contributed by atoms with Crippen LogP contribution in [-0.2, 0) is 10.3 Å². The summed E-state index contributed by atoms with van der Waals surface area (Å²) in [5, 5.41) is 2.09. The molecule has 1 amide bonds. The van der Waals surface area contributed by atoms with Gasteiger partial charge < -0.3 is 15.8 Å². The predicted octanol–water partition coefficient (Wildman–Crippen LogP) is 4.77. The second-order valence-corrected chi connectivity index (χ2v) is 8.03. The maximum Gasteiger partial charge on any atom is 0.425 e. The van der Waals surface area contributed by atoms with E-state index in [4.69, 9.17) is 17.3 Å². The highest BCUT2D eigenvalue weighted by molar-refractivity contribution is 9.10. The van der Waals surface area contributed by atoms with Crippen molar-refractivity contribution >= 4 is 45.1 Å². The quantitative estimate of drug-likeness (QED) is 0.584. The number of hydrogen-bond donors (Lipinski definition) is 2. The second-order valence-electron chi connectivity index (χ2n) is 6.71. The molecular weight excluding hydrogens is 496 g/mol. The van der Waals surface area contributed by atoms with E-state index in [0.717, 1.165) is 12.1 Å². The van der Waals surface area contributed by atoms with Crippen molar-refractivity contribution in [2.24, 2.45) is 10.7 Å². The summed E-state index contributed by atoms with van der Waals surface area (Å²) >= 11 is 9.13. The van der Waals surface area contributed by atoms with Crippen LogP contribution in [0.25, 0.3) is 0 Å². The molecule has 2 atom stereocenters. The van der Waals surface area contributed by atoms with E-state index in [2.05, 4.69) is 36.0 Å². The molecule has 0 bridgehead atoms. The first kappa shape index (κ1) is 22.3. The van der Waals surface area contributed by atoms with Crippen LogP contribution in [0.2, 0.25) is 5.02 Å². The third kappa shape index (κ3) is 4.67. The standard InChI is InChI=1S/C18H14BrClF4N4O2/c1-17(6-13(18(22,23)24)30-16(25)28-17)10-4-9(5-11(20)14(10)21)27-15(29)12-3-2-8(19)7-26-12/h2-5,7,13H,6H2,1H3,(H2,25,28)(H,27,29)/t13-,17+/m0/s1. The minimum Gasteiger partial charge on any atom is -0.452 e. The first-order valence-electron chi connectivity index (χ1n) is 8.40. The fourth-order valence-electron chi connectivity index (χ4n) is 2.97. The van der Waals surface area contributed by atoms with E-state index in [1.807, 2.05) is 0 Å². The van der Waals surface area contributed by atoms with Crippen LogP contribution in [0.15, 0.2) is 39.9 Å². The van der Waals surface area contributed by atoms with E-state index in [1.54, 1.807) is 6.07 Å². The molecule has 0 aliphatic carbocycles. The molecule has 0 fully saturated rings. The smallest absolute Gasteiger partial charge is 0.425 e. The number of carbonyl (C=O) groups is 1. The lowest BCUT2D eigenvalue weighted by Gasteiger charge is -2.36. The number of nitrogens with two attached hydrogens (primary N) is 1. The molecule has 2 heterocycles. The number of hydrogen-bond acceptors (Lipinski definition) is 5. The van der Waals surface area contributed by atoms with Gasteiger partial charge in [0.25, 0.3) is 11.9 Å². The van der Waals surface area contributed by atoms with Crippen molar-refractivity contribution < 1.29 is 27.1 Å². The van der Waals surface area contributed by atoms with E-state index < -0.39 is 47.0 Å². The summed E-state index contributed by atoms with van der Waals surface area (Å²) in [7, 11) is 0. The van der Waals surface area contributed by atoms with Crippen molar-refractivity contribution in [3.8, 4) is 0 Å². The minimum atomic E-state index is -4.73. The highest BCUT2D eigenvalue weighted by Crippen LogP contribution is 2.42. The summed E-state index contributed by atoms with van der Waals surface area (Å²) < 4.78 is 59.6. The Balaban J connectivity index is 1.97. The average Bonchev–Trinajstić information content (AvgIpc) is 2.63. The van der Waals surface area contributed by atoms with E-state index >= 15 is 0 Å². The highest BCUT2D eigenvalue weighted by Gasteiger charge is 2.50. The number of nitrogens with one attached hydrogen (secondary N) is 1. The van der Waals surface area contributed by atoms with Crippen LogP contribution >= 0.6 is 27.5 Å². The maximum absolute atomic E-state index is 14.8. The number of rotatable bonds is 3. The summed E-state index contributed by atoms with van der Waals surface area (Å²) in [5.41, 5.74) is 3.54. The molecule has 160 valence electrons. The Morgan fingerprint density at radius 3 is 2.70 bits per heavy atom. The molecule has 12 heteroatoms. The molecule has 30 heavy (non-hydrogen) atoms. The molecule has 0 spiro atoms. The van der Waals surface area contributed by atoms with Gasteiger partial charge in [0, 0.05) is 28.3 Å². The molecule has 2 aromatic rings. The topological polar surface area (TPSA) is 89.6 Å². The molecule has 0 saturated carbocycles. The van der Waals surface area contributed by atoms with Crippen molar-refractivity contribution in [1.82, 2.24) is 4.98 Å². The van der Waals surface area contributed by atoms with Crippen LogP contribution in [0.4, 0.5) is 23.2 Å². The third-order valence-corrected chi connectivity index (χ3v) is 5.14. The van der Waals surface area contributed by atoms with Crippen LogP contribution < -0.4 is 11.1 Å². The number of amides is 1. The van der Waals surface area contributed by atoms with Crippen molar-refractivity contribution in [3.63, 3.8) is 0 Å². The molecule has 0 saturated heterocycles. The number of anilines is 1. The summed E-state index contributed by atoms with van der Waals surface area (Å²) in [6.45, 7) is 1.28. The fraction of sp³-hybridized carbons (Fsp3) is 0.278. The van der Waals surface area contributed by atoms with E-state index in [-0.39, 0.29) is 16.9 Å². The van der Waals surface area contributed by atoms with Crippen LogP contribution in [0.1, 0.15) is 29.4 Å². The van der Waals surface area contributed by atoms with Gasteiger partial charge in [0.1, 0.15) is 11.5 Å². The molecule has 1 aliphatic heterocycles. The maximum atomic E-state index is 14.8. The Labute approximate surface area is 181 Å². The summed E-state index contributed by atoms with van der Waals surface area (Å²) in [5.74, 6) is -1.59. The molecule has 1 aromatic carbocycles. The first-order chi connectivity index (χ1) is 13.9. The number of aliphatic imine (C=N–C) groups is 1. The minimum absolute atomic E-state index is 0.0520. The van der Waals surface area contributed by atoms with Crippen molar-refractivity contribution in [3.05, 3.63) is 57.0 Å². The van der Waals surface area contributed by atoms with E-state index in [9.17, 15) is 22.4 Å². The van der Waals surface area contributed by atoms with Gasteiger partial charge in [-0.2, -0.15) is 13.2 Å². The van der Waals surface area contributed by atoms with Gasteiger partial charge >= 0.3 is 6.18 Å². The number of carbonyl (C=O) groups excluding carboxylic acids is 1. The second kappa shape index (κ2) is 8.03. The Hall–Kier alpha value is -2.40. The predicted molar refractivity (Wildman–Crippen MR) is 106 cm³/mol. The lowest BCUT2D eigenvalue weighted by Crippen LogP contribution is -2.46. The fourth-order valence-corrected chi connectivity index (χ4v) is 3.43. The zero-order chi connectivity index (χ0) is 22.3. The molecular formula is C18H14BrClF4N4O2. The number of benzene rings is 1. The molecule has 6 nitrogen and oxygen atoms in total. The number of amidine groups is 1.